The highest BCUT2D eigenvalue weighted by Crippen LogP contribution is 2.30. The molecule has 0 saturated carbocycles. The summed E-state index contributed by atoms with van der Waals surface area (Å²) in [6, 6.07) is -0.142. The lowest BCUT2D eigenvalue weighted by molar-refractivity contribution is -0.0720. The molecule has 118 valence electrons. The van der Waals surface area contributed by atoms with Crippen molar-refractivity contribution in [1.82, 2.24) is 14.4 Å². The van der Waals surface area contributed by atoms with Gasteiger partial charge in [-0.25, -0.2) is 8.42 Å². The van der Waals surface area contributed by atoms with Crippen LogP contribution >= 0.6 is 0 Å². The number of morpholine rings is 1. The van der Waals surface area contributed by atoms with Crippen molar-refractivity contribution in [2.75, 3.05) is 33.3 Å². The normalized spacial score (nSPS) is 28.5. The van der Waals surface area contributed by atoms with Crippen LogP contribution in [-0.2, 0) is 14.8 Å². The van der Waals surface area contributed by atoms with Crippen LogP contribution in [0.2, 0.25) is 0 Å². The quantitative estimate of drug-likeness (QED) is 0.785. The Morgan fingerprint density at radius 1 is 1.29 bits per heavy atom. The van der Waals surface area contributed by atoms with Gasteiger partial charge in [0.05, 0.1) is 18.8 Å². The summed E-state index contributed by atoms with van der Waals surface area (Å²) in [5.41, 5.74) is 0.416. The first-order valence-electron chi connectivity index (χ1n) is 7.16. The van der Waals surface area contributed by atoms with Gasteiger partial charge in [-0.15, -0.1) is 0 Å². The van der Waals surface area contributed by atoms with E-state index in [4.69, 9.17) is 9.26 Å². The molecule has 0 aromatic carbocycles. The van der Waals surface area contributed by atoms with Crippen molar-refractivity contribution in [2.24, 2.45) is 0 Å². The van der Waals surface area contributed by atoms with E-state index in [1.165, 1.54) is 0 Å². The molecule has 8 heteroatoms. The van der Waals surface area contributed by atoms with Crippen LogP contribution in [0.5, 0.6) is 0 Å². The highest BCUT2D eigenvalue weighted by molar-refractivity contribution is 7.89. The third kappa shape index (κ3) is 2.50. The van der Waals surface area contributed by atoms with Crippen molar-refractivity contribution in [2.45, 2.75) is 37.3 Å². The number of piperidine rings is 1. The molecule has 0 unspecified atom stereocenters. The molecule has 3 rings (SSSR count). The van der Waals surface area contributed by atoms with Crippen LogP contribution in [0.3, 0.4) is 0 Å². The van der Waals surface area contributed by atoms with E-state index < -0.39 is 10.0 Å². The first-order valence-corrected chi connectivity index (χ1v) is 8.60. The minimum absolute atomic E-state index is 0.0230. The number of fused-ring (bicyclic) bond motifs is 1. The first kappa shape index (κ1) is 15.0. The molecule has 2 atom stereocenters. The standard InChI is InChI=1S/C13H21N3O4S/c1-9-13(10(2)20-14-9)21(17,18)16-6-7-19-12-4-5-15(3)8-11(12)16/h11-12H,4-8H2,1-3H3/t11-,12-/m1/s1. The van der Waals surface area contributed by atoms with Crippen LogP contribution in [0.25, 0.3) is 0 Å². The van der Waals surface area contributed by atoms with Gasteiger partial charge in [0.25, 0.3) is 0 Å². The number of aryl methyl sites for hydroxylation is 2. The Hall–Kier alpha value is -0.960. The number of rotatable bonds is 2. The fourth-order valence-electron chi connectivity index (χ4n) is 3.26. The van der Waals surface area contributed by atoms with Gasteiger partial charge in [0.1, 0.15) is 10.6 Å². The van der Waals surface area contributed by atoms with Gasteiger partial charge >= 0.3 is 0 Å². The number of sulfonamides is 1. The van der Waals surface area contributed by atoms with E-state index in [-0.39, 0.29) is 17.0 Å². The Morgan fingerprint density at radius 3 is 2.71 bits per heavy atom. The lowest BCUT2D eigenvalue weighted by atomic mass is 10.0. The third-order valence-corrected chi connectivity index (χ3v) is 6.44. The summed E-state index contributed by atoms with van der Waals surface area (Å²) in [4.78, 5) is 2.35. The Kier molecular flexibility index (Phi) is 3.81. The van der Waals surface area contributed by atoms with Gasteiger partial charge in [-0.2, -0.15) is 4.31 Å². The molecule has 1 aromatic rings. The smallest absolute Gasteiger partial charge is 0.248 e. The van der Waals surface area contributed by atoms with Crippen molar-refractivity contribution >= 4 is 10.0 Å². The molecule has 3 heterocycles. The van der Waals surface area contributed by atoms with Gasteiger partial charge in [0, 0.05) is 19.6 Å². The average molecular weight is 315 g/mol. The second-order valence-corrected chi connectivity index (χ2v) is 7.62. The molecular weight excluding hydrogens is 294 g/mol. The average Bonchev–Trinajstić information content (AvgIpc) is 2.77. The van der Waals surface area contributed by atoms with Gasteiger partial charge in [-0.05, 0) is 27.3 Å². The van der Waals surface area contributed by atoms with Crippen LogP contribution in [0.1, 0.15) is 17.9 Å². The van der Waals surface area contributed by atoms with E-state index in [2.05, 4.69) is 10.1 Å². The zero-order chi connectivity index (χ0) is 15.2. The highest BCUT2D eigenvalue weighted by Gasteiger charge is 2.43. The minimum atomic E-state index is -3.60. The Labute approximate surface area is 124 Å². The summed E-state index contributed by atoms with van der Waals surface area (Å²) in [7, 11) is -1.60. The van der Waals surface area contributed by atoms with E-state index in [9.17, 15) is 8.42 Å². The maximum absolute atomic E-state index is 13.0. The maximum Gasteiger partial charge on any atom is 0.248 e. The summed E-state index contributed by atoms with van der Waals surface area (Å²) < 4.78 is 38.4. The van der Waals surface area contributed by atoms with Gasteiger partial charge in [0.15, 0.2) is 5.76 Å². The number of nitrogens with zero attached hydrogens (tertiary/aromatic N) is 3. The maximum atomic E-state index is 13.0. The predicted octanol–water partition coefficient (Wildman–Crippen LogP) is 0.385. The molecule has 7 nitrogen and oxygen atoms in total. The van der Waals surface area contributed by atoms with Crippen LogP contribution in [0.15, 0.2) is 9.42 Å². The van der Waals surface area contributed by atoms with Crippen LogP contribution in [0.4, 0.5) is 0 Å². The first-order chi connectivity index (χ1) is 9.91. The van der Waals surface area contributed by atoms with Crippen molar-refractivity contribution in [1.29, 1.82) is 0 Å². The number of likely N-dealkylation sites (N-methyl/N-ethyl adjacent to an activating group) is 1. The van der Waals surface area contributed by atoms with E-state index in [1.54, 1.807) is 18.2 Å². The molecule has 1 aromatic heterocycles. The number of aromatic nitrogens is 1. The molecule has 0 amide bonds. The minimum Gasteiger partial charge on any atom is -0.375 e. The summed E-state index contributed by atoms with van der Waals surface area (Å²) in [6.45, 7) is 5.73. The summed E-state index contributed by atoms with van der Waals surface area (Å²) >= 11 is 0. The van der Waals surface area contributed by atoms with E-state index in [1.807, 2.05) is 7.05 Å². The second kappa shape index (κ2) is 5.35. The molecule has 2 aliphatic heterocycles. The third-order valence-electron chi connectivity index (χ3n) is 4.27. The van der Waals surface area contributed by atoms with E-state index >= 15 is 0 Å². The summed E-state index contributed by atoms with van der Waals surface area (Å²) in [5.74, 6) is 0.347. The van der Waals surface area contributed by atoms with Crippen LogP contribution < -0.4 is 0 Å². The Bertz CT molecular complexity index is 608. The van der Waals surface area contributed by atoms with Crippen molar-refractivity contribution in [3.8, 4) is 0 Å². The topological polar surface area (TPSA) is 75.9 Å². The molecule has 0 bridgehead atoms. The summed E-state index contributed by atoms with van der Waals surface area (Å²) in [5, 5.41) is 3.77. The van der Waals surface area contributed by atoms with Gasteiger partial charge in [-0.1, -0.05) is 5.16 Å². The number of ether oxygens (including phenoxy) is 1. The molecule has 0 N–H and O–H groups in total. The van der Waals surface area contributed by atoms with Crippen molar-refractivity contribution in [3.63, 3.8) is 0 Å². The van der Waals surface area contributed by atoms with Gasteiger partial charge in [0.2, 0.25) is 10.0 Å². The molecule has 2 fully saturated rings. The van der Waals surface area contributed by atoms with Crippen molar-refractivity contribution < 1.29 is 17.7 Å². The van der Waals surface area contributed by atoms with Crippen molar-refractivity contribution in [3.05, 3.63) is 11.5 Å². The van der Waals surface area contributed by atoms with Crippen LogP contribution in [0, 0.1) is 13.8 Å². The van der Waals surface area contributed by atoms with Crippen LogP contribution in [-0.4, -0.2) is 68.2 Å². The van der Waals surface area contributed by atoms with E-state index in [0.29, 0.717) is 31.2 Å². The Balaban J connectivity index is 1.97. The Morgan fingerprint density at radius 2 is 2.05 bits per heavy atom. The second-order valence-electron chi connectivity index (χ2n) is 5.80. The van der Waals surface area contributed by atoms with E-state index in [0.717, 1.165) is 13.0 Å². The molecule has 0 aliphatic carbocycles. The molecule has 0 radical (unpaired) electrons. The number of likely N-dealkylation sites (tertiary alicyclic amines) is 1. The summed E-state index contributed by atoms with van der Waals surface area (Å²) in [6.07, 6.45) is 0.833. The molecule has 21 heavy (non-hydrogen) atoms. The predicted molar refractivity (Wildman–Crippen MR) is 75.5 cm³/mol. The number of hydrogen-bond donors (Lipinski definition) is 0. The molecular formula is C13H21N3O4S. The SMILES string of the molecule is Cc1noc(C)c1S(=O)(=O)N1CCO[C@@H]2CCN(C)C[C@H]21. The zero-order valence-electron chi connectivity index (χ0n) is 12.6. The lowest BCUT2D eigenvalue weighted by Gasteiger charge is -2.45. The lowest BCUT2D eigenvalue weighted by Crippen LogP contribution is -2.60. The fourth-order valence-corrected chi connectivity index (χ4v) is 5.18. The largest absolute Gasteiger partial charge is 0.375 e. The number of hydrogen-bond acceptors (Lipinski definition) is 6. The monoisotopic (exact) mass is 315 g/mol. The molecule has 2 saturated heterocycles. The molecule has 2 aliphatic rings. The highest BCUT2D eigenvalue weighted by atomic mass is 32.2. The molecule has 0 spiro atoms. The van der Waals surface area contributed by atoms with Gasteiger partial charge in [-0.3, -0.25) is 0 Å². The fraction of sp³-hybridized carbons (Fsp3) is 0.769. The van der Waals surface area contributed by atoms with Gasteiger partial charge < -0.3 is 14.2 Å². The zero-order valence-corrected chi connectivity index (χ0v) is 13.4.